The summed E-state index contributed by atoms with van der Waals surface area (Å²) in [5, 5.41) is 14.2. The molecule has 1 fully saturated rings. The minimum atomic E-state index is -0.862. The van der Waals surface area contributed by atoms with Crippen LogP contribution in [0.5, 0.6) is 0 Å². The monoisotopic (exact) mass is 196 g/mol. The average molecular weight is 196 g/mol. The fourth-order valence-electron chi connectivity index (χ4n) is 2.17. The van der Waals surface area contributed by atoms with E-state index in [-0.39, 0.29) is 5.56 Å². The van der Waals surface area contributed by atoms with Crippen LogP contribution in [0.4, 0.5) is 0 Å². The lowest BCUT2D eigenvalue weighted by Crippen LogP contribution is -2.33. The lowest BCUT2D eigenvalue weighted by molar-refractivity contribution is -0.143. The van der Waals surface area contributed by atoms with E-state index in [2.05, 4.69) is 10.2 Å². The summed E-state index contributed by atoms with van der Waals surface area (Å²) in [6.07, 6.45) is 3.02. The first kappa shape index (κ1) is 9.05. The first-order valence-corrected chi connectivity index (χ1v) is 4.67. The van der Waals surface area contributed by atoms with Gasteiger partial charge in [0, 0.05) is 6.07 Å². The second kappa shape index (κ2) is 3.01. The number of H-pyrrole nitrogens is 2. The molecule has 1 aromatic rings. The molecule has 0 unspecified atom stereocenters. The lowest BCUT2D eigenvalue weighted by atomic mass is 9.83. The Balaban J connectivity index is 2.45. The van der Waals surface area contributed by atoms with Gasteiger partial charge in [-0.2, -0.15) is 0 Å². The van der Waals surface area contributed by atoms with Crippen molar-refractivity contribution in [3.05, 3.63) is 22.1 Å². The Morgan fingerprint density at radius 3 is 2.43 bits per heavy atom. The van der Waals surface area contributed by atoms with E-state index in [9.17, 15) is 14.7 Å². The molecule has 5 nitrogen and oxygen atoms in total. The van der Waals surface area contributed by atoms with Gasteiger partial charge in [-0.15, -0.1) is 0 Å². The number of aliphatic carboxylic acids is 1. The minimum Gasteiger partial charge on any atom is -0.481 e. The number of aromatic amines is 2. The average Bonchev–Trinajstić information content (AvgIpc) is 2.71. The van der Waals surface area contributed by atoms with E-state index < -0.39 is 11.4 Å². The second-order valence-electron chi connectivity index (χ2n) is 3.77. The molecule has 1 heterocycles. The molecule has 0 saturated heterocycles. The van der Waals surface area contributed by atoms with Gasteiger partial charge in [0.05, 0.1) is 5.69 Å². The Hall–Kier alpha value is -1.52. The molecule has 1 aliphatic carbocycles. The zero-order valence-corrected chi connectivity index (χ0v) is 7.67. The van der Waals surface area contributed by atoms with Crippen molar-refractivity contribution in [2.24, 2.45) is 0 Å². The van der Waals surface area contributed by atoms with Gasteiger partial charge in [-0.25, -0.2) is 0 Å². The predicted molar refractivity (Wildman–Crippen MR) is 49.2 cm³/mol. The molecule has 0 amide bonds. The maximum absolute atomic E-state index is 11.2. The Morgan fingerprint density at radius 2 is 2.00 bits per heavy atom. The SMILES string of the molecule is O=C(O)C1(c2cc(=O)[nH][nH]2)CCCC1. The van der Waals surface area contributed by atoms with Crippen LogP contribution in [-0.4, -0.2) is 21.3 Å². The number of rotatable bonds is 2. The van der Waals surface area contributed by atoms with Gasteiger partial charge in [-0.3, -0.25) is 14.7 Å². The largest absolute Gasteiger partial charge is 0.481 e. The summed E-state index contributed by atoms with van der Waals surface area (Å²) in [7, 11) is 0. The highest BCUT2D eigenvalue weighted by Crippen LogP contribution is 2.39. The number of aromatic nitrogens is 2. The third kappa shape index (κ3) is 1.16. The van der Waals surface area contributed by atoms with E-state index in [1.54, 1.807) is 0 Å². The van der Waals surface area contributed by atoms with E-state index >= 15 is 0 Å². The molecule has 0 bridgehead atoms. The molecule has 14 heavy (non-hydrogen) atoms. The van der Waals surface area contributed by atoms with Gasteiger partial charge in [0.1, 0.15) is 5.41 Å². The summed E-state index contributed by atoms with van der Waals surface area (Å²) >= 11 is 0. The maximum Gasteiger partial charge on any atom is 0.315 e. The van der Waals surface area contributed by atoms with Crippen LogP contribution in [0.2, 0.25) is 0 Å². The number of nitrogens with one attached hydrogen (secondary N) is 2. The summed E-state index contributed by atoms with van der Waals surface area (Å²) in [6, 6.07) is 1.35. The molecule has 0 spiro atoms. The van der Waals surface area contributed by atoms with Crippen LogP contribution in [0.25, 0.3) is 0 Å². The fraction of sp³-hybridized carbons (Fsp3) is 0.556. The van der Waals surface area contributed by atoms with Crippen LogP contribution < -0.4 is 5.56 Å². The van der Waals surface area contributed by atoms with Crippen LogP contribution in [0, 0.1) is 0 Å². The number of carbonyl (C=O) groups is 1. The molecule has 76 valence electrons. The second-order valence-corrected chi connectivity index (χ2v) is 3.77. The smallest absolute Gasteiger partial charge is 0.315 e. The van der Waals surface area contributed by atoms with Crippen molar-refractivity contribution in [1.29, 1.82) is 0 Å². The summed E-state index contributed by atoms with van der Waals surface area (Å²) < 4.78 is 0. The maximum atomic E-state index is 11.2. The van der Waals surface area contributed by atoms with Crippen LogP contribution in [0.15, 0.2) is 10.9 Å². The van der Waals surface area contributed by atoms with E-state index in [1.807, 2.05) is 0 Å². The van der Waals surface area contributed by atoms with Crippen molar-refractivity contribution in [2.45, 2.75) is 31.1 Å². The molecule has 0 atom stereocenters. The number of hydrogen-bond donors (Lipinski definition) is 3. The highest BCUT2D eigenvalue weighted by molar-refractivity contribution is 5.81. The molecule has 1 saturated carbocycles. The molecular weight excluding hydrogens is 184 g/mol. The highest BCUT2D eigenvalue weighted by Gasteiger charge is 2.44. The summed E-state index contributed by atoms with van der Waals surface area (Å²) in [5.74, 6) is -0.842. The zero-order chi connectivity index (χ0) is 10.2. The van der Waals surface area contributed by atoms with E-state index in [1.165, 1.54) is 6.07 Å². The molecule has 5 heteroatoms. The summed E-state index contributed by atoms with van der Waals surface area (Å²) in [6.45, 7) is 0. The highest BCUT2D eigenvalue weighted by atomic mass is 16.4. The third-order valence-electron chi connectivity index (χ3n) is 2.98. The van der Waals surface area contributed by atoms with E-state index in [0.717, 1.165) is 12.8 Å². The molecule has 2 rings (SSSR count). The van der Waals surface area contributed by atoms with Crippen LogP contribution in [0.1, 0.15) is 31.4 Å². The molecule has 0 aromatic carbocycles. The first-order valence-electron chi connectivity index (χ1n) is 4.67. The number of carboxylic acid groups (broad SMARTS) is 1. The lowest BCUT2D eigenvalue weighted by Gasteiger charge is -2.21. The van der Waals surface area contributed by atoms with Gasteiger partial charge in [0.2, 0.25) is 0 Å². The first-order chi connectivity index (χ1) is 6.65. The standard InChI is InChI=1S/C9H12N2O3/c12-7-5-6(10-11-7)9(8(13)14)3-1-2-4-9/h5H,1-4H2,(H,13,14)(H2,10,11,12). The van der Waals surface area contributed by atoms with Gasteiger partial charge < -0.3 is 10.2 Å². The fourth-order valence-corrected chi connectivity index (χ4v) is 2.17. The van der Waals surface area contributed by atoms with Crippen molar-refractivity contribution >= 4 is 5.97 Å². The van der Waals surface area contributed by atoms with Crippen molar-refractivity contribution in [2.75, 3.05) is 0 Å². The summed E-state index contributed by atoms with van der Waals surface area (Å²) in [5.41, 5.74) is -0.626. The molecule has 0 aliphatic heterocycles. The van der Waals surface area contributed by atoms with E-state index in [4.69, 9.17) is 0 Å². The van der Waals surface area contributed by atoms with Gasteiger partial charge in [0.15, 0.2) is 0 Å². The zero-order valence-electron chi connectivity index (χ0n) is 7.67. The van der Waals surface area contributed by atoms with Crippen molar-refractivity contribution in [3.63, 3.8) is 0 Å². The van der Waals surface area contributed by atoms with Crippen LogP contribution >= 0.6 is 0 Å². The van der Waals surface area contributed by atoms with Gasteiger partial charge >= 0.3 is 5.97 Å². The molecule has 0 radical (unpaired) electrons. The third-order valence-corrected chi connectivity index (χ3v) is 2.98. The molecule has 1 aliphatic rings. The van der Waals surface area contributed by atoms with Crippen molar-refractivity contribution in [1.82, 2.24) is 10.2 Å². The molecular formula is C9H12N2O3. The Morgan fingerprint density at radius 1 is 1.36 bits per heavy atom. The Bertz CT molecular complexity index is 398. The quantitative estimate of drug-likeness (QED) is 0.647. The number of carboxylic acids is 1. The summed E-state index contributed by atoms with van der Waals surface area (Å²) in [4.78, 5) is 22.1. The van der Waals surface area contributed by atoms with Gasteiger partial charge in [-0.1, -0.05) is 12.8 Å². The number of hydrogen-bond acceptors (Lipinski definition) is 2. The van der Waals surface area contributed by atoms with Crippen LogP contribution in [-0.2, 0) is 10.2 Å². The predicted octanol–water partition coefficient (Wildman–Crippen LogP) is 0.599. The molecule has 1 aromatic heterocycles. The Labute approximate surface area is 80.1 Å². The van der Waals surface area contributed by atoms with Crippen molar-refractivity contribution in [3.8, 4) is 0 Å². The topological polar surface area (TPSA) is 85.9 Å². The van der Waals surface area contributed by atoms with E-state index in [0.29, 0.717) is 18.5 Å². The van der Waals surface area contributed by atoms with Crippen molar-refractivity contribution < 1.29 is 9.90 Å². The minimum absolute atomic E-state index is 0.271. The Kier molecular flexibility index (Phi) is 1.94. The van der Waals surface area contributed by atoms with Gasteiger partial charge in [-0.05, 0) is 12.8 Å². The van der Waals surface area contributed by atoms with Crippen LogP contribution in [0.3, 0.4) is 0 Å². The molecule has 3 N–H and O–H groups in total. The normalized spacial score (nSPS) is 19.7. The van der Waals surface area contributed by atoms with Gasteiger partial charge in [0.25, 0.3) is 5.56 Å².